The zero-order chi connectivity index (χ0) is 11.2. The van der Waals surface area contributed by atoms with Gasteiger partial charge in [0.1, 0.15) is 0 Å². The molecular formula is C8H11F2NO3S. The molecule has 0 aromatic heterocycles. The highest BCUT2D eigenvalue weighted by Crippen LogP contribution is 2.43. The Hall–Kier alpha value is -0.720. The summed E-state index contributed by atoms with van der Waals surface area (Å²) in [5.41, 5.74) is 0. The smallest absolute Gasteiger partial charge is 0.242 e. The van der Waals surface area contributed by atoms with Gasteiger partial charge in [0.15, 0.2) is 0 Å². The highest BCUT2D eigenvalue weighted by molar-refractivity contribution is 7.90. The van der Waals surface area contributed by atoms with Crippen molar-refractivity contribution in [2.24, 2.45) is 11.8 Å². The van der Waals surface area contributed by atoms with E-state index in [-0.39, 0.29) is 6.42 Å². The summed E-state index contributed by atoms with van der Waals surface area (Å²) in [7, 11) is -3.58. The second-order valence-electron chi connectivity index (χ2n) is 4.05. The Labute approximate surface area is 86.1 Å². The molecule has 15 heavy (non-hydrogen) atoms. The van der Waals surface area contributed by atoms with Crippen molar-refractivity contribution in [1.29, 1.82) is 0 Å². The van der Waals surface area contributed by atoms with Crippen LogP contribution in [0, 0.1) is 11.8 Å². The van der Waals surface area contributed by atoms with E-state index >= 15 is 0 Å². The average molecular weight is 239 g/mol. The maximum absolute atomic E-state index is 12.1. The van der Waals surface area contributed by atoms with Crippen LogP contribution in [0.3, 0.4) is 0 Å². The van der Waals surface area contributed by atoms with Crippen LogP contribution in [-0.4, -0.2) is 26.0 Å². The van der Waals surface area contributed by atoms with E-state index in [1.165, 1.54) is 0 Å². The van der Waals surface area contributed by atoms with Crippen LogP contribution in [0.25, 0.3) is 0 Å². The van der Waals surface area contributed by atoms with E-state index in [1.807, 2.05) is 4.72 Å². The summed E-state index contributed by atoms with van der Waals surface area (Å²) in [6.45, 7) is 0. The Balaban J connectivity index is 1.89. The minimum atomic E-state index is -3.58. The SMILES string of the molecule is O=C(NS(=O)(=O)C1CC1)[C@H]1C[C@H]1C(F)F. The van der Waals surface area contributed by atoms with Crippen molar-refractivity contribution in [1.82, 2.24) is 4.72 Å². The average Bonchev–Trinajstić information content (AvgIpc) is 2.98. The van der Waals surface area contributed by atoms with Gasteiger partial charge in [-0.1, -0.05) is 0 Å². The topological polar surface area (TPSA) is 63.2 Å². The molecule has 0 aromatic carbocycles. The molecule has 0 aromatic rings. The third kappa shape index (κ3) is 2.27. The van der Waals surface area contributed by atoms with Crippen LogP contribution in [-0.2, 0) is 14.8 Å². The van der Waals surface area contributed by atoms with E-state index in [9.17, 15) is 22.0 Å². The van der Waals surface area contributed by atoms with E-state index < -0.39 is 39.4 Å². The molecule has 2 fully saturated rings. The second-order valence-corrected chi connectivity index (χ2v) is 6.01. The van der Waals surface area contributed by atoms with Crippen LogP contribution in [0.1, 0.15) is 19.3 Å². The van der Waals surface area contributed by atoms with Crippen molar-refractivity contribution < 1.29 is 22.0 Å². The van der Waals surface area contributed by atoms with Gasteiger partial charge in [0.2, 0.25) is 22.4 Å². The molecule has 0 unspecified atom stereocenters. The molecule has 2 saturated carbocycles. The molecule has 2 atom stereocenters. The van der Waals surface area contributed by atoms with Gasteiger partial charge in [-0.3, -0.25) is 9.52 Å². The molecule has 0 radical (unpaired) electrons. The number of halogens is 2. The summed E-state index contributed by atoms with van der Waals surface area (Å²) in [6, 6.07) is 0. The first-order valence-corrected chi connectivity index (χ1v) is 6.30. The van der Waals surface area contributed by atoms with Crippen molar-refractivity contribution in [2.45, 2.75) is 30.9 Å². The maximum Gasteiger partial charge on any atom is 0.242 e. The van der Waals surface area contributed by atoms with Crippen LogP contribution in [0.4, 0.5) is 8.78 Å². The second kappa shape index (κ2) is 3.40. The highest BCUT2D eigenvalue weighted by Gasteiger charge is 2.50. The van der Waals surface area contributed by atoms with Crippen LogP contribution >= 0.6 is 0 Å². The first-order valence-electron chi connectivity index (χ1n) is 4.75. The number of hydrogen-bond donors (Lipinski definition) is 1. The number of carbonyl (C=O) groups is 1. The number of nitrogens with one attached hydrogen (secondary N) is 1. The fourth-order valence-corrected chi connectivity index (χ4v) is 2.83. The third-order valence-corrected chi connectivity index (χ3v) is 4.54. The number of sulfonamides is 1. The zero-order valence-electron chi connectivity index (χ0n) is 7.82. The molecular weight excluding hydrogens is 228 g/mol. The zero-order valence-corrected chi connectivity index (χ0v) is 8.64. The molecule has 4 nitrogen and oxygen atoms in total. The van der Waals surface area contributed by atoms with E-state index in [4.69, 9.17) is 0 Å². The third-order valence-electron chi connectivity index (χ3n) is 2.71. The van der Waals surface area contributed by atoms with E-state index in [2.05, 4.69) is 0 Å². The summed E-state index contributed by atoms with van der Waals surface area (Å²) in [4.78, 5) is 11.2. The van der Waals surface area contributed by atoms with Gasteiger partial charge in [0, 0.05) is 11.8 Å². The molecule has 0 saturated heterocycles. The lowest BCUT2D eigenvalue weighted by molar-refractivity contribution is -0.121. The molecule has 1 amide bonds. The Bertz CT molecular complexity index is 377. The van der Waals surface area contributed by atoms with Crippen LogP contribution in [0.2, 0.25) is 0 Å². The van der Waals surface area contributed by atoms with Gasteiger partial charge in [0.25, 0.3) is 0 Å². The Kier molecular flexibility index (Phi) is 2.44. The minimum Gasteiger partial charge on any atom is -0.274 e. The lowest BCUT2D eigenvalue weighted by Crippen LogP contribution is -2.34. The van der Waals surface area contributed by atoms with Gasteiger partial charge >= 0.3 is 0 Å². The highest BCUT2D eigenvalue weighted by atomic mass is 32.2. The normalized spacial score (nSPS) is 30.3. The first-order chi connectivity index (χ1) is 6.92. The number of alkyl halides is 2. The fourth-order valence-electron chi connectivity index (χ4n) is 1.47. The van der Waals surface area contributed by atoms with Crippen molar-refractivity contribution in [3.8, 4) is 0 Å². The largest absolute Gasteiger partial charge is 0.274 e. The van der Waals surface area contributed by atoms with Gasteiger partial charge in [-0.2, -0.15) is 0 Å². The van der Waals surface area contributed by atoms with Crippen molar-refractivity contribution in [3.05, 3.63) is 0 Å². The number of amides is 1. The molecule has 0 bridgehead atoms. The molecule has 0 heterocycles. The van der Waals surface area contributed by atoms with Gasteiger partial charge < -0.3 is 0 Å². The first kappa shape index (κ1) is 10.8. The van der Waals surface area contributed by atoms with Gasteiger partial charge in [-0.25, -0.2) is 17.2 Å². The van der Waals surface area contributed by atoms with E-state index in [0.717, 1.165) is 0 Å². The lowest BCUT2D eigenvalue weighted by atomic mass is 10.3. The molecule has 1 N–H and O–H groups in total. The number of carbonyl (C=O) groups excluding carboxylic acids is 1. The Morgan fingerprint density at radius 3 is 2.33 bits per heavy atom. The van der Waals surface area contributed by atoms with Crippen LogP contribution in [0.15, 0.2) is 0 Å². The van der Waals surface area contributed by atoms with Gasteiger partial charge in [0.05, 0.1) is 5.25 Å². The van der Waals surface area contributed by atoms with Crippen LogP contribution in [0.5, 0.6) is 0 Å². The number of hydrogen-bond acceptors (Lipinski definition) is 3. The summed E-state index contributed by atoms with van der Waals surface area (Å²) < 4.78 is 48.7. The van der Waals surface area contributed by atoms with E-state index in [0.29, 0.717) is 12.8 Å². The summed E-state index contributed by atoms with van der Waals surface area (Å²) in [6.07, 6.45) is -1.36. The number of rotatable bonds is 4. The van der Waals surface area contributed by atoms with Crippen LogP contribution < -0.4 is 4.72 Å². The monoisotopic (exact) mass is 239 g/mol. The Morgan fingerprint density at radius 2 is 1.93 bits per heavy atom. The quantitative estimate of drug-likeness (QED) is 0.776. The Morgan fingerprint density at radius 1 is 1.33 bits per heavy atom. The summed E-state index contributed by atoms with van der Waals surface area (Å²) in [5.74, 6) is -2.55. The molecule has 2 rings (SSSR count). The van der Waals surface area contributed by atoms with E-state index in [1.54, 1.807) is 0 Å². The minimum absolute atomic E-state index is 0.0870. The molecule has 0 spiro atoms. The van der Waals surface area contributed by atoms with Gasteiger partial charge in [-0.15, -0.1) is 0 Å². The van der Waals surface area contributed by atoms with Crippen molar-refractivity contribution in [3.63, 3.8) is 0 Å². The predicted molar refractivity (Wildman–Crippen MR) is 47.7 cm³/mol. The predicted octanol–water partition coefficient (Wildman–Crippen LogP) is 0.496. The van der Waals surface area contributed by atoms with Crippen molar-refractivity contribution >= 4 is 15.9 Å². The molecule has 2 aliphatic rings. The molecule has 0 aliphatic heterocycles. The molecule has 86 valence electrons. The molecule has 2 aliphatic carbocycles. The molecule has 7 heteroatoms. The van der Waals surface area contributed by atoms with Gasteiger partial charge in [-0.05, 0) is 19.3 Å². The fraction of sp³-hybridized carbons (Fsp3) is 0.875. The van der Waals surface area contributed by atoms with Crippen molar-refractivity contribution in [2.75, 3.05) is 0 Å². The lowest BCUT2D eigenvalue weighted by Gasteiger charge is -2.04. The maximum atomic E-state index is 12.1. The summed E-state index contributed by atoms with van der Waals surface area (Å²) >= 11 is 0. The standard InChI is InChI=1S/C8H11F2NO3S/c9-7(10)5-3-6(5)8(12)11-15(13,14)4-1-2-4/h4-7H,1-3H2,(H,11,12)/t5-,6+/m1/s1. The summed E-state index contributed by atoms with van der Waals surface area (Å²) in [5, 5.41) is -0.495.